The predicted octanol–water partition coefficient (Wildman–Crippen LogP) is 3.76. The number of halogens is 1. The first kappa shape index (κ1) is 13.1. The van der Waals surface area contributed by atoms with E-state index in [1.54, 1.807) is 12.3 Å². The van der Waals surface area contributed by atoms with Crippen molar-refractivity contribution in [3.63, 3.8) is 0 Å². The lowest BCUT2D eigenvalue weighted by molar-refractivity contribution is -0.114. The Morgan fingerprint density at radius 1 is 1.47 bits per heavy atom. The zero-order valence-corrected chi connectivity index (χ0v) is 13.2. The van der Waals surface area contributed by atoms with Gasteiger partial charge in [-0.2, -0.15) is 0 Å². The second kappa shape index (κ2) is 5.22. The van der Waals surface area contributed by atoms with Crippen LogP contribution in [0.15, 0.2) is 33.0 Å². The normalized spacial score (nSPS) is 21.5. The third kappa shape index (κ3) is 2.54. The molecule has 2 aromatic rings. The van der Waals surface area contributed by atoms with E-state index in [1.807, 2.05) is 17.5 Å². The van der Waals surface area contributed by atoms with Gasteiger partial charge in [0.2, 0.25) is 0 Å². The monoisotopic (exact) mass is 402 g/mol. The molecule has 0 radical (unpaired) electrons. The third-order valence-electron chi connectivity index (χ3n) is 2.55. The van der Waals surface area contributed by atoms with Crippen LogP contribution in [-0.4, -0.2) is 15.8 Å². The van der Waals surface area contributed by atoms with Crippen LogP contribution in [0.5, 0.6) is 0 Å². The van der Waals surface area contributed by atoms with E-state index in [-0.39, 0.29) is 5.78 Å². The summed E-state index contributed by atoms with van der Waals surface area (Å²) in [6.45, 7) is 0. The number of aromatic nitrogens is 1. The van der Waals surface area contributed by atoms with Gasteiger partial charge in [0, 0.05) is 11.6 Å². The summed E-state index contributed by atoms with van der Waals surface area (Å²) in [6.07, 6.45) is 3.35. The molecule has 1 N–H and O–H groups in total. The van der Waals surface area contributed by atoms with Crippen molar-refractivity contribution in [1.29, 1.82) is 5.41 Å². The number of thiazole rings is 1. The lowest BCUT2D eigenvalue weighted by atomic mass is 10.1. The minimum Gasteiger partial charge on any atom is -0.451 e. The molecule has 1 aliphatic rings. The lowest BCUT2D eigenvalue weighted by Gasteiger charge is -2.01. The Hall–Kier alpha value is -0.930. The van der Waals surface area contributed by atoms with Crippen molar-refractivity contribution in [3.8, 4) is 0 Å². The van der Waals surface area contributed by atoms with Crippen LogP contribution in [0.2, 0.25) is 0 Å². The van der Waals surface area contributed by atoms with Crippen molar-refractivity contribution in [2.45, 2.75) is 5.92 Å². The van der Waals surface area contributed by atoms with E-state index in [2.05, 4.69) is 27.6 Å². The summed E-state index contributed by atoms with van der Waals surface area (Å²) in [4.78, 5) is 17.0. The van der Waals surface area contributed by atoms with Crippen LogP contribution in [0.25, 0.3) is 6.08 Å². The molecule has 0 amide bonds. The Labute approximate surface area is 131 Å². The van der Waals surface area contributed by atoms with E-state index in [0.717, 1.165) is 3.77 Å². The second-order valence-corrected chi connectivity index (χ2v) is 6.86. The number of Topliss-reactive ketones (excluding diaryl/α,β-unsaturated/α-hetero) is 1. The second-order valence-electron chi connectivity index (χ2n) is 3.78. The van der Waals surface area contributed by atoms with Crippen LogP contribution in [0, 0.1) is 9.18 Å². The first-order valence-corrected chi connectivity index (χ1v) is 8.09. The highest BCUT2D eigenvalue weighted by atomic mass is 127. The summed E-state index contributed by atoms with van der Waals surface area (Å²) < 4.78 is 6.19. The number of nitrogens with one attached hydrogen (secondary N) is 1. The molecule has 3 rings (SSSR count). The summed E-state index contributed by atoms with van der Waals surface area (Å²) >= 11 is 4.66. The van der Waals surface area contributed by atoms with Gasteiger partial charge in [0.05, 0.1) is 9.95 Å². The molecule has 1 fully saturated rings. The van der Waals surface area contributed by atoms with Gasteiger partial charge < -0.3 is 4.42 Å². The van der Waals surface area contributed by atoms with Crippen molar-refractivity contribution in [2.24, 2.45) is 0 Å². The fourth-order valence-corrected chi connectivity index (χ4v) is 3.95. The number of rotatable bonds is 2. The van der Waals surface area contributed by atoms with Gasteiger partial charge in [-0.05, 0) is 40.8 Å². The Bertz CT molecular complexity index is 676. The number of hydrogen-bond acceptors (Lipinski definition) is 6. The van der Waals surface area contributed by atoms with Crippen molar-refractivity contribution in [2.75, 3.05) is 0 Å². The van der Waals surface area contributed by atoms with Gasteiger partial charge in [-0.1, -0.05) is 11.8 Å². The smallest absolute Gasteiger partial charge is 0.186 e. The molecule has 0 spiro atoms. The van der Waals surface area contributed by atoms with E-state index in [4.69, 9.17) is 9.83 Å². The number of thioether (sulfide) groups is 1. The van der Waals surface area contributed by atoms with Crippen molar-refractivity contribution < 1.29 is 9.21 Å². The number of nitrogens with zero attached hydrogens (tertiary/aromatic N) is 1. The van der Waals surface area contributed by atoms with Gasteiger partial charge in [-0.25, -0.2) is 4.98 Å². The van der Waals surface area contributed by atoms with Crippen LogP contribution >= 0.6 is 45.7 Å². The molecule has 96 valence electrons. The summed E-state index contributed by atoms with van der Waals surface area (Å²) in [5.41, 5.74) is 0. The number of furan rings is 1. The lowest BCUT2D eigenvalue weighted by Crippen LogP contribution is -2.11. The highest BCUT2D eigenvalue weighted by Gasteiger charge is 2.38. The average molecular weight is 402 g/mol. The molecule has 0 unspecified atom stereocenters. The van der Waals surface area contributed by atoms with Crippen molar-refractivity contribution >= 4 is 62.6 Å². The topological polar surface area (TPSA) is 67.0 Å². The third-order valence-corrected chi connectivity index (χ3v) is 4.97. The zero-order chi connectivity index (χ0) is 13.4. The zero-order valence-electron chi connectivity index (χ0n) is 9.42. The molecule has 19 heavy (non-hydrogen) atoms. The van der Waals surface area contributed by atoms with Crippen molar-refractivity contribution in [3.05, 3.63) is 43.1 Å². The highest BCUT2D eigenvalue weighted by molar-refractivity contribution is 14.1. The summed E-state index contributed by atoms with van der Waals surface area (Å²) in [6, 6.07) is 3.64. The van der Waals surface area contributed by atoms with E-state index in [9.17, 15) is 4.79 Å². The van der Waals surface area contributed by atoms with Gasteiger partial charge in [-0.3, -0.25) is 10.2 Å². The molecule has 1 atom stereocenters. The minimum absolute atomic E-state index is 0.0728. The number of allylic oxidation sites excluding steroid dienone is 1. The van der Waals surface area contributed by atoms with Gasteiger partial charge >= 0.3 is 0 Å². The Balaban J connectivity index is 1.93. The maximum atomic E-state index is 12.3. The Morgan fingerprint density at radius 3 is 2.95 bits per heavy atom. The molecule has 0 bridgehead atoms. The summed E-state index contributed by atoms with van der Waals surface area (Å²) in [5.74, 6) is 0.0227. The predicted molar refractivity (Wildman–Crippen MR) is 84.6 cm³/mol. The Kier molecular flexibility index (Phi) is 3.59. The van der Waals surface area contributed by atoms with Crippen LogP contribution < -0.4 is 0 Å². The van der Waals surface area contributed by atoms with Crippen molar-refractivity contribution in [1.82, 2.24) is 4.98 Å². The molecule has 0 aromatic carbocycles. The van der Waals surface area contributed by atoms with Gasteiger partial charge in [0.25, 0.3) is 0 Å². The maximum absolute atomic E-state index is 12.3. The van der Waals surface area contributed by atoms with Crippen LogP contribution in [0.4, 0.5) is 0 Å². The van der Waals surface area contributed by atoms with Gasteiger partial charge in [0.15, 0.2) is 9.55 Å². The first-order chi connectivity index (χ1) is 9.15. The van der Waals surface area contributed by atoms with Crippen LogP contribution in [0.3, 0.4) is 0 Å². The maximum Gasteiger partial charge on any atom is 0.186 e. The quantitative estimate of drug-likeness (QED) is 0.614. The SMILES string of the molecule is N=C1S/C(=C\c2ccc(I)o2)C(=O)[C@@H]1c1nccs1. The van der Waals surface area contributed by atoms with Gasteiger partial charge in [0.1, 0.15) is 16.7 Å². The van der Waals surface area contributed by atoms with Crippen LogP contribution in [-0.2, 0) is 4.79 Å². The summed E-state index contributed by atoms with van der Waals surface area (Å²) in [7, 11) is 0. The molecule has 0 aliphatic carbocycles. The van der Waals surface area contributed by atoms with E-state index >= 15 is 0 Å². The molecule has 0 saturated carbocycles. The molecule has 4 nitrogen and oxygen atoms in total. The standard InChI is InChI=1S/C12H7IN2O2S2/c13-8-2-1-6(17-8)5-7-10(16)9(11(14)19-7)12-15-3-4-18-12/h1-5,9,14H/b7-5-,14-11?/t9-/m0/s1. The molecular formula is C12H7IN2O2S2. The average Bonchev–Trinajstić information content (AvgIpc) is 3.04. The molecule has 1 aliphatic heterocycles. The molecule has 1 saturated heterocycles. The van der Waals surface area contributed by atoms with Crippen LogP contribution in [0.1, 0.15) is 16.7 Å². The minimum atomic E-state index is -0.537. The fraction of sp³-hybridized carbons (Fsp3) is 0.0833. The fourth-order valence-electron chi connectivity index (χ4n) is 1.73. The van der Waals surface area contributed by atoms with E-state index in [1.165, 1.54) is 23.1 Å². The highest BCUT2D eigenvalue weighted by Crippen LogP contribution is 2.41. The number of carbonyl (C=O) groups is 1. The molecule has 2 aromatic heterocycles. The van der Waals surface area contributed by atoms with Gasteiger partial charge in [-0.15, -0.1) is 11.3 Å². The largest absolute Gasteiger partial charge is 0.451 e. The van der Waals surface area contributed by atoms with E-state index < -0.39 is 5.92 Å². The number of carbonyl (C=O) groups excluding carboxylic acids is 1. The molecule has 3 heterocycles. The summed E-state index contributed by atoms with van der Waals surface area (Å²) in [5, 5.41) is 10.8. The number of hydrogen-bond donors (Lipinski definition) is 1. The molecular weight excluding hydrogens is 395 g/mol. The number of ketones is 1. The Morgan fingerprint density at radius 2 is 2.32 bits per heavy atom. The molecule has 7 heteroatoms. The first-order valence-electron chi connectivity index (χ1n) is 5.32. The van der Waals surface area contributed by atoms with E-state index in [0.29, 0.717) is 20.7 Å².